The molecule has 1 aromatic carbocycles. The average Bonchev–Trinajstić information content (AvgIpc) is 2.66. The molecule has 0 saturated carbocycles. The smallest absolute Gasteiger partial charge is 0.134 e. The van der Waals surface area contributed by atoms with Crippen LogP contribution in [0.5, 0.6) is 0 Å². The molecule has 0 atom stereocenters. The van der Waals surface area contributed by atoms with Gasteiger partial charge in [-0.15, -0.1) is 0 Å². The Bertz CT molecular complexity index is 431. The predicted molar refractivity (Wildman–Crippen MR) is 61.2 cm³/mol. The zero-order valence-corrected chi connectivity index (χ0v) is 9.54. The van der Waals surface area contributed by atoms with Crippen molar-refractivity contribution in [2.75, 3.05) is 0 Å². The second kappa shape index (κ2) is 4.01. The Morgan fingerprint density at radius 3 is 2.71 bits per heavy atom. The third-order valence-electron chi connectivity index (χ3n) is 2.12. The summed E-state index contributed by atoms with van der Waals surface area (Å²) in [6.45, 7) is 2.09. The lowest BCUT2D eigenvalue weighted by Gasteiger charge is -1.97. The highest BCUT2D eigenvalue weighted by Crippen LogP contribution is 2.24. The van der Waals surface area contributed by atoms with E-state index in [1.807, 2.05) is 30.3 Å². The largest absolute Gasteiger partial charge is 0.461 e. The fraction of sp³-hybridized carbons (Fsp3) is 0.167. The Kier molecular flexibility index (Phi) is 2.73. The molecule has 0 fully saturated rings. The van der Waals surface area contributed by atoms with Crippen molar-refractivity contribution in [1.29, 1.82) is 0 Å². The van der Waals surface area contributed by atoms with Gasteiger partial charge in [-0.3, -0.25) is 0 Å². The van der Waals surface area contributed by atoms with E-state index in [0.29, 0.717) is 0 Å². The molecule has 1 aromatic heterocycles. The van der Waals surface area contributed by atoms with Gasteiger partial charge in [-0.1, -0.05) is 35.0 Å². The Labute approximate surface area is 91.9 Å². The molecule has 0 spiro atoms. The van der Waals surface area contributed by atoms with Gasteiger partial charge in [-0.25, -0.2) is 0 Å². The molecule has 0 bridgehead atoms. The normalized spacial score (nSPS) is 10.4. The summed E-state index contributed by atoms with van der Waals surface area (Å²) < 4.78 is 6.73. The molecule has 2 rings (SSSR count). The van der Waals surface area contributed by atoms with E-state index < -0.39 is 0 Å². The summed E-state index contributed by atoms with van der Waals surface area (Å²) in [5, 5.41) is 0. The van der Waals surface area contributed by atoms with Crippen molar-refractivity contribution in [2.45, 2.75) is 13.3 Å². The molecule has 0 radical (unpaired) electrons. The first-order valence-electron chi connectivity index (χ1n) is 4.64. The molecule has 0 amide bonds. The van der Waals surface area contributed by atoms with Gasteiger partial charge in [0.25, 0.3) is 0 Å². The maximum absolute atomic E-state index is 5.65. The molecule has 0 saturated heterocycles. The first-order chi connectivity index (χ1) is 6.79. The molecule has 1 nitrogen and oxygen atoms in total. The van der Waals surface area contributed by atoms with Gasteiger partial charge in [0.05, 0.1) is 0 Å². The van der Waals surface area contributed by atoms with Crippen LogP contribution in [0.2, 0.25) is 0 Å². The van der Waals surface area contributed by atoms with Crippen LogP contribution in [0.1, 0.15) is 12.7 Å². The van der Waals surface area contributed by atoms with Crippen molar-refractivity contribution >= 4 is 15.9 Å². The topological polar surface area (TPSA) is 13.1 Å². The number of rotatable bonds is 2. The molecule has 2 heteroatoms. The predicted octanol–water partition coefficient (Wildman–Crippen LogP) is 4.27. The maximum Gasteiger partial charge on any atom is 0.134 e. The second-order valence-electron chi connectivity index (χ2n) is 3.13. The van der Waals surface area contributed by atoms with Crippen LogP contribution in [0.15, 0.2) is 45.3 Å². The average molecular weight is 251 g/mol. The Morgan fingerprint density at radius 2 is 2.07 bits per heavy atom. The number of hydrogen-bond acceptors (Lipinski definition) is 1. The molecule has 0 N–H and O–H groups in total. The van der Waals surface area contributed by atoms with E-state index in [2.05, 4.69) is 28.9 Å². The number of furan rings is 1. The highest BCUT2D eigenvalue weighted by atomic mass is 79.9. The summed E-state index contributed by atoms with van der Waals surface area (Å²) in [5.41, 5.74) is 1.11. The third kappa shape index (κ3) is 1.90. The summed E-state index contributed by atoms with van der Waals surface area (Å²) in [6, 6.07) is 12.2. The molecule has 0 aliphatic carbocycles. The first kappa shape index (κ1) is 9.53. The van der Waals surface area contributed by atoms with Crippen LogP contribution in [-0.4, -0.2) is 0 Å². The second-order valence-corrected chi connectivity index (χ2v) is 4.05. The summed E-state index contributed by atoms with van der Waals surface area (Å²) in [5.74, 6) is 1.96. The summed E-state index contributed by atoms with van der Waals surface area (Å²) in [7, 11) is 0. The van der Waals surface area contributed by atoms with Crippen LogP contribution >= 0.6 is 15.9 Å². The molecule has 72 valence electrons. The lowest BCUT2D eigenvalue weighted by atomic mass is 10.2. The molecule has 0 aliphatic heterocycles. The van der Waals surface area contributed by atoms with E-state index >= 15 is 0 Å². The van der Waals surface area contributed by atoms with Crippen LogP contribution < -0.4 is 0 Å². The standard InChI is InChI=1S/C12H11BrO/c1-2-11-6-7-12(14-11)9-4-3-5-10(13)8-9/h3-8H,2H2,1H3. The van der Waals surface area contributed by atoms with Gasteiger partial charge in [-0.2, -0.15) is 0 Å². The van der Waals surface area contributed by atoms with Gasteiger partial charge < -0.3 is 4.42 Å². The molecule has 1 heterocycles. The monoisotopic (exact) mass is 250 g/mol. The number of hydrogen-bond donors (Lipinski definition) is 0. The van der Waals surface area contributed by atoms with E-state index in [9.17, 15) is 0 Å². The molecule has 14 heavy (non-hydrogen) atoms. The molecule has 2 aromatic rings. The van der Waals surface area contributed by atoms with E-state index in [1.54, 1.807) is 0 Å². The van der Waals surface area contributed by atoms with Gasteiger partial charge >= 0.3 is 0 Å². The summed E-state index contributed by atoms with van der Waals surface area (Å²) >= 11 is 3.44. The SMILES string of the molecule is CCc1ccc(-c2cccc(Br)c2)o1. The minimum Gasteiger partial charge on any atom is -0.461 e. The van der Waals surface area contributed by atoms with E-state index in [-0.39, 0.29) is 0 Å². The Balaban J connectivity index is 2.39. The zero-order chi connectivity index (χ0) is 9.97. The van der Waals surface area contributed by atoms with Crippen molar-refractivity contribution in [3.05, 3.63) is 46.6 Å². The number of aryl methyl sites for hydroxylation is 1. The van der Waals surface area contributed by atoms with E-state index in [4.69, 9.17) is 4.42 Å². The molecule has 0 unspecified atom stereocenters. The quantitative estimate of drug-likeness (QED) is 0.776. The molecule has 0 aliphatic rings. The Hall–Kier alpha value is -1.02. The van der Waals surface area contributed by atoms with Crippen LogP contribution in [-0.2, 0) is 6.42 Å². The fourth-order valence-corrected chi connectivity index (χ4v) is 1.76. The van der Waals surface area contributed by atoms with Crippen LogP contribution in [0.4, 0.5) is 0 Å². The van der Waals surface area contributed by atoms with E-state index in [0.717, 1.165) is 28.0 Å². The molecular formula is C12H11BrO. The van der Waals surface area contributed by atoms with Crippen LogP contribution in [0, 0.1) is 0 Å². The van der Waals surface area contributed by atoms with Crippen molar-refractivity contribution in [3.8, 4) is 11.3 Å². The lowest BCUT2D eigenvalue weighted by Crippen LogP contribution is -1.73. The van der Waals surface area contributed by atoms with Gasteiger partial charge in [0.2, 0.25) is 0 Å². The summed E-state index contributed by atoms with van der Waals surface area (Å²) in [4.78, 5) is 0. The number of halogens is 1. The van der Waals surface area contributed by atoms with Crippen molar-refractivity contribution in [1.82, 2.24) is 0 Å². The molecular weight excluding hydrogens is 240 g/mol. The van der Waals surface area contributed by atoms with Gasteiger partial charge in [0.1, 0.15) is 11.5 Å². The van der Waals surface area contributed by atoms with E-state index in [1.165, 1.54) is 0 Å². The fourth-order valence-electron chi connectivity index (χ4n) is 1.36. The Morgan fingerprint density at radius 1 is 1.21 bits per heavy atom. The lowest BCUT2D eigenvalue weighted by molar-refractivity contribution is 0.529. The highest BCUT2D eigenvalue weighted by molar-refractivity contribution is 9.10. The minimum atomic E-state index is 0.933. The zero-order valence-electron chi connectivity index (χ0n) is 7.96. The highest BCUT2D eigenvalue weighted by Gasteiger charge is 2.03. The van der Waals surface area contributed by atoms with Crippen molar-refractivity contribution < 1.29 is 4.42 Å². The summed E-state index contributed by atoms with van der Waals surface area (Å²) in [6.07, 6.45) is 0.938. The van der Waals surface area contributed by atoms with Crippen LogP contribution in [0.25, 0.3) is 11.3 Å². The number of benzene rings is 1. The van der Waals surface area contributed by atoms with Crippen LogP contribution in [0.3, 0.4) is 0 Å². The van der Waals surface area contributed by atoms with Crippen molar-refractivity contribution in [3.63, 3.8) is 0 Å². The first-order valence-corrected chi connectivity index (χ1v) is 5.43. The van der Waals surface area contributed by atoms with Gasteiger partial charge in [0, 0.05) is 16.5 Å². The van der Waals surface area contributed by atoms with Crippen molar-refractivity contribution in [2.24, 2.45) is 0 Å². The maximum atomic E-state index is 5.65. The van der Waals surface area contributed by atoms with Gasteiger partial charge in [0.15, 0.2) is 0 Å². The van der Waals surface area contributed by atoms with Gasteiger partial charge in [-0.05, 0) is 24.3 Å². The minimum absolute atomic E-state index is 0.933. The third-order valence-corrected chi connectivity index (χ3v) is 2.61.